The summed E-state index contributed by atoms with van der Waals surface area (Å²) in [7, 11) is 0. The Balaban J connectivity index is 0.00000242. The minimum atomic E-state index is -4.58. The fourth-order valence-electron chi connectivity index (χ4n) is 1.56. The molecule has 10 heteroatoms. The maximum atomic E-state index is 12.3. The van der Waals surface area contributed by atoms with E-state index >= 15 is 0 Å². The lowest BCUT2D eigenvalue weighted by Gasteiger charge is -2.05. The van der Waals surface area contributed by atoms with Gasteiger partial charge in [-0.05, 0) is 24.6 Å². The molecule has 0 saturated heterocycles. The third-order valence-corrected chi connectivity index (χ3v) is 2.47. The highest BCUT2D eigenvalue weighted by atomic mass is 127. The van der Waals surface area contributed by atoms with Crippen LogP contribution in [0.5, 0.6) is 0 Å². The lowest BCUT2D eigenvalue weighted by molar-refractivity contribution is -0.144. The predicted octanol–water partition coefficient (Wildman–Crippen LogP) is 2.68. The van der Waals surface area contributed by atoms with E-state index in [9.17, 15) is 13.2 Å². The molecule has 2 rings (SSSR count). The van der Waals surface area contributed by atoms with Crippen molar-refractivity contribution in [2.75, 3.05) is 5.32 Å². The summed E-state index contributed by atoms with van der Waals surface area (Å²) in [6.45, 7) is 1.79. The number of aryl methyl sites for hydroxylation is 1. The van der Waals surface area contributed by atoms with Crippen molar-refractivity contribution >= 4 is 35.6 Å². The van der Waals surface area contributed by atoms with Gasteiger partial charge < -0.3 is 11.1 Å². The molecular formula is C12H14F3IN6. The Kier molecular flexibility index (Phi) is 6.14. The Morgan fingerprint density at radius 3 is 2.73 bits per heavy atom. The second-order valence-electron chi connectivity index (χ2n) is 4.30. The summed E-state index contributed by atoms with van der Waals surface area (Å²) in [6.07, 6.45) is -4.58. The normalized spacial score (nSPS) is 11.9. The zero-order valence-corrected chi connectivity index (χ0v) is 13.8. The van der Waals surface area contributed by atoms with E-state index in [-0.39, 0.29) is 42.3 Å². The number of aromatic amines is 1. The molecular weight excluding hydrogens is 412 g/mol. The standard InChI is InChI=1S/C12H13F3N6.HI/c1-7-3-2-4-8(5-7)18-11(16)17-6-9-19-10(21-20-9)12(13,14)15;/h2-5H,6H2,1H3,(H3,16,17,18)(H,19,20,21);1H. The first-order valence-electron chi connectivity index (χ1n) is 5.96. The largest absolute Gasteiger partial charge is 0.453 e. The van der Waals surface area contributed by atoms with Crippen LogP contribution in [0, 0.1) is 6.92 Å². The highest BCUT2D eigenvalue weighted by molar-refractivity contribution is 14.0. The molecule has 120 valence electrons. The summed E-state index contributed by atoms with van der Waals surface area (Å²) >= 11 is 0. The van der Waals surface area contributed by atoms with Crippen LogP contribution < -0.4 is 11.1 Å². The number of halogens is 4. The molecule has 1 heterocycles. The summed E-state index contributed by atoms with van der Waals surface area (Å²) in [4.78, 5) is 7.19. The van der Waals surface area contributed by atoms with Crippen molar-refractivity contribution in [2.45, 2.75) is 19.6 Å². The molecule has 2 aromatic rings. The number of rotatable bonds is 3. The van der Waals surface area contributed by atoms with Crippen molar-refractivity contribution in [3.63, 3.8) is 0 Å². The van der Waals surface area contributed by atoms with Gasteiger partial charge in [-0.2, -0.15) is 13.2 Å². The van der Waals surface area contributed by atoms with Gasteiger partial charge in [0, 0.05) is 5.69 Å². The summed E-state index contributed by atoms with van der Waals surface area (Å²) in [6, 6.07) is 7.42. The zero-order chi connectivity index (χ0) is 15.5. The van der Waals surface area contributed by atoms with E-state index in [1.165, 1.54) is 0 Å². The van der Waals surface area contributed by atoms with Crippen molar-refractivity contribution in [1.82, 2.24) is 15.2 Å². The highest BCUT2D eigenvalue weighted by Crippen LogP contribution is 2.25. The van der Waals surface area contributed by atoms with Gasteiger partial charge in [0.2, 0.25) is 0 Å². The zero-order valence-electron chi connectivity index (χ0n) is 11.5. The van der Waals surface area contributed by atoms with E-state index < -0.39 is 12.0 Å². The molecule has 6 nitrogen and oxygen atoms in total. The van der Waals surface area contributed by atoms with Crippen LogP contribution in [0.2, 0.25) is 0 Å². The van der Waals surface area contributed by atoms with E-state index in [1.807, 2.05) is 25.1 Å². The van der Waals surface area contributed by atoms with Crippen molar-refractivity contribution in [3.8, 4) is 0 Å². The quantitative estimate of drug-likeness (QED) is 0.400. The van der Waals surface area contributed by atoms with Crippen LogP contribution in [-0.2, 0) is 12.7 Å². The Hall–Kier alpha value is -1.85. The van der Waals surface area contributed by atoms with E-state index in [1.54, 1.807) is 6.07 Å². The second-order valence-corrected chi connectivity index (χ2v) is 4.30. The molecule has 0 atom stereocenters. The molecule has 0 spiro atoms. The predicted molar refractivity (Wildman–Crippen MR) is 86.9 cm³/mol. The minimum absolute atomic E-state index is 0. The molecule has 0 aliphatic heterocycles. The van der Waals surface area contributed by atoms with Crippen LogP contribution in [0.4, 0.5) is 18.9 Å². The molecule has 0 saturated carbocycles. The van der Waals surface area contributed by atoms with Gasteiger partial charge in [0.1, 0.15) is 12.4 Å². The van der Waals surface area contributed by atoms with Crippen molar-refractivity contribution in [1.29, 1.82) is 0 Å². The fraction of sp³-hybridized carbons (Fsp3) is 0.250. The highest BCUT2D eigenvalue weighted by Gasteiger charge is 2.35. The smallest absolute Gasteiger partial charge is 0.370 e. The molecule has 0 bridgehead atoms. The summed E-state index contributed by atoms with van der Waals surface area (Å²) in [5, 5.41) is 8.07. The number of aromatic nitrogens is 3. The van der Waals surface area contributed by atoms with Crippen LogP contribution in [0.1, 0.15) is 17.2 Å². The van der Waals surface area contributed by atoms with Crippen LogP contribution in [0.3, 0.4) is 0 Å². The molecule has 1 aromatic heterocycles. The van der Waals surface area contributed by atoms with Crippen molar-refractivity contribution in [3.05, 3.63) is 41.5 Å². The van der Waals surface area contributed by atoms with Crippen molar-refractivity contribution in [2.24, 2.45) is 10.7 Å². The SMILES string of the molecule is Cc1cccc(NC(N)=NCc2nc(C(F)(F)F)n[nH]2)c1.I. The maximum Gasteiger partial charge on any atom is 0.453 e. The van der Waals surface area contributed by atoms with Gasteiger partial charge in [0.05, 0.1) is 0 Å². The summed E-state index contributed by atoms with van der Waals surface area (Å²) in [5.41, 5.74) is 7.43. The molecule has 0 aliphatic rings. The first-order valence-corrected chi connectivity index (χ1v) is 5.96. The monoisotopic (exact) mass is 426 g/mol. The number of nitrogens with zero attached hydrogens (tertiary/aromatic N) is 3. The Morgan fingerprint density at radius 2 is 2.14 bits per heavy atom. The van der Waals surface area contributed by atoms with Crippen molar-refractivity contribution < 1.29 is 13.2 Å². The number of H-pyrrole nitrogens is 1. The Labute approximate surface area is 141 Å². The minimum Gasteiger partial charge on any atom is -0.370 e. The molecule has 4 N–H and O–H groups in total. The average molecular weight is 426 g/mol. The Morgan fingerprint density at radius 1 is 1.41 bits per heavy atom. The molecule has 0 radical (unpaired) electrons. The van der Waals surface area contributed by atoms with Crippen LogP contribution in [0.25, 0.3) is 0 Å². The molecule has 0 unspecified atom stereocenters. The number of aliphatic imine (C=N–C) groups is 1. The number of hydrogen-bond donors (Lipinski definition) is 3. The number of anilines is 1. The number of nitrogens with one attached hydrogen (secondary N) is 2. The molecule has 0 fully saturated rings. The summed E-state index contributed by atoms with van der Waals surface area (Å²) in [5.74, 6) is -1.17. The number of nitrogens with two attached hydrogens (primary N) is 1. The second kappa shape index (κ2) is 7.42. The van der Waals surface area contributed by atoms with E-state index in [0.29, 0.717) is 0 Å². The van der Waals surface area contributed by atoms with E-state index in [0.717, 1.165) is 11.3 Å². The lowest BCUT2D eigenvalue weighted by Crippen LogP contribution is -2.22. The van der Waals surface area contributed by atoms with Crippen LogP contribution >= 0.6 is 24.0 Å². The van der Waals surface area contributed by atoms with E-state index in [2.05, 4.69) is 25.5 Å². The lowest BCUT2D eigenvalue weighted by atomic mass is 10.2. The Bertz CT molecular complexity index is 652. The average Bonchev–Trinajstić information content (AvgIpc) is 2.85. The third kappa shape index (κ3) is 5.16. The number of benzene rings is 1. The topological polar surface area (TPSA) is 92.0 Å². The molecule has 0 aliphatic carbocycles. The molecule has 22 heavy (non-hydrogen) atoms. The van der Waals surface area contributed by atoms with Gasteiger partial charge in [0.15, 0.2) is 5.96 Å². The van der Waals surface area contributed by atoms with Gasteiger partial charge in [-0.15, -0.1) is 29.1 Å². The van der Waals surface area contributed by atoms with Gasteiger partial charge in [-0.25, -0.2) is 9.98 Å². The third-order valence-electron chi connectivity index (χ3n) is 2.47. The molecule has 0 amide bonds. The van der Waals surface area contributed by atoms with Gasteiger partial charge >= 0.3 is 6.18 Å². The number of hydrogen-bond acceptors (Lipinski definition) is 3. The van der Waals surface area contributed by atoms with Gasteiger partial charge in [-0.1, -0.05) is 12.1 Å². The number of alkyl halides is 3. The van der Waals surface area contributed by atoms with E-state index in [4.69, 9.17) is 5.73 Å². The first kappa shape index (κ1) is 18.2. The molecule has 1 aromatic carbocycles. The van der Waals surface area contributed by atoms with Gasteiger partial charge in [0.25, 0.3) is 5.82 Å². The maximum absolute atomic E-state index is 12.3. The van der Waals surface area contributed by atoms with Crippen LogP contribution in [-0.4, -0.2) is 21.1 Å². The van der Waals surface area contributed by atoms with Gasteiger partial charge in [-0.3, -0.25) is 5.10 Å². The fourth-order valence-corrected chi connectivity index (χ4v) is 1.56. The summed E-state index contributed by atoms with van der Waals surface area (Å²) < 4.78 is 36.9. The van der Waals surface area contributed by atoms with Crippen LogP contribution in [0.15, 0.2) is 29.3 Å². The number of guanidine groups is 1. The first-order chi connectivity index (χ1) is 9.84.